The molecule has 0 radical (unpaired) electrons. The number of nitrogens with two attached hydrogens (primary N) is 1. The smallest absolute Gasteiger partial charge is 0.247 e. The maximum atomic E-state index is 13.0. The van der Waals surface area contributed by atoms with Crippen LogP contribution in [0, 0.1) is 22.7 Å². The number of nitrogen functional groups attached to an aromatic ring is 1. The normalized spacial score (nSPS) is 15.9. The van der Waals surface area contributed by atoms with Gasteiger partial charge in [-0.1, -0.05) is 25.6 Å². The molecule has 3 rings (SSSR count). The number of nitrogens with zero attached hydrogens (tertiary/aromatic N) is 4. The molecular weight excluding hydrogens is 402 g/mol. The van der Waals surface area contributed by atoms with Crippen LogP contribution in [0.2, 0.25) is 0 Å². The lowest BCUT2D eigenvalue weighted by Gasteiger charge is -2.17. The molecule has 0 aliphatic carbocycles. The first-order valence-corrected chi connectivity index (χ1v) is 10.0. The number of amides is 2. The van der Waals surface area contributed by atoms with Crippen LogP contribution in [0.5, 0.6) is 5.75 Å². The third kappa shape index (κ3) is 3.68. The molecule has 1 aliphatic rings. The lowest BCUT2D eigenvalue weighted by molar-refractivity contribution is -0.121. The second-order valence-corrected chi connectivity index (χ2v) is 8.11. The van der Waals surface area contributed by atoms with E-state index >= 15 is 0 Å². The Morgan fingerprint density at radius 2 is 1.83 bits per heavy atom. The number of nitriles is 2. The fraction of sp³-hybridized carbons (Fsp3) is 0.286. The molecule has 2 heterocycles. The molecule has 1 aliphatic heterocycles. The van der Waals surface area contributed by atoms with Gasteiger partial charge in [-0.3, -0.25) is 9.59 Å². The summed E-state index contributed by atoms with van der Waals surface area (Å²) in [6, 6.07) is 10.7. The van der Waals surface area contributed by atoms with Crippen LogP contribution in [0.15, 0.2) is 29.3 Å². The lowest BCUT2D eigenvalue weighted by atomic mass is 9.94. The van der Waals surface area contributed by atoms with Crippen molar-refractivity contribution < 1.29 is 14.3 Å². The number of imide groups is 1. The number of carbonyl (C=O) groups is 2. The van der Waals surface area contributed by atoms with Gasteiger partial charge in [-0.2, -0.15) is 10.5 Å². The molecule has 2 amide bonds. The minimum atomic E-state index is -0.744. The van der Waals surface area contributed by atoms with Gasteiger partial charge in [0.05, 0.1) is 29.2 Å². The molecule has 0 saturated carbocycles. The summed E-state index contributed by atoms with van der Waals surface area (Å²) in [4.78, 5) is 30.8. The highest BCUT2D eigenvalue weighted by molar-refractivity contribution is 8.00. The number of carbonyl (C=O) groups excluding carboxylic acids is 2. The van der Waals surface area contributed by atoms with Crippen LogP contribution in [0.25, 0.3) is 0 Å². The zero-order chi connectivity index (χ0) is 22.0. The maximum Gasteiger partial charge on any atom is 0.247 e. The summed E-state index contributed by atoms with van der Waals surface area (Å²) in [6.45, 7) is 3.70. The number of hydrogen-bond acceptors (Lipinski definition) is 8. The molecule has 0 bridgehead atoms. The average molecular weight is 421 g/mol. The van der Waals surface area contributed by atoms with Gasteiger partial charge in [-0.15, -0.1) is 0 Å². The largest absolute Gasteiger partial charge is 0.497 e. The number of hydrogen-bond donors (Lipinski definition) is 1. The number of ether oxygens (including phenoxy) is 1. The van der Waals surface area contributed by atoms with Gasteiger partial charge in [0.2, 0.25) is 11.8 Å². The summed E-state index contributed by atoms with van der Waals surface area (Å²) in [6.07, 6.45) is -0.0288. The van der Waals surface area contributed by atoms with Crippen LogP contribution in [-0.2, 0) is 9.59 Å². The number of pyridine rings is 1. The first-order valence-electron chi connectivity index (χ1n) is 9.13. The molecule has 1 fully saturated rings. The van der Waals surface area contributed by atoms with E-state index in [0.29, 0.717) is 17.0 Å². The molecule has 1 atom stereocenters. The maximum absolute atomic E-state index is 13.0. The molecule has 1 aromatic carbocycles. The van der Waals surface area contributed by atoms with Gasteiger partial charge in [0.15, 0.2) is 0 Å². The Balaban J connectivity index is 1.95. The SMILES string of the molecule is COc1ccc(N2C(=O)CC(Sc3nc(N)c(C#N)c(C(C)C)c3C#N)C2=O)cc1. The van der Waals surface area contributed by atoms with Crippen LogP contribution in [0.3, 0.4) is 0 Å². The second-order valence-electron chi connectivity index (χ2n) is 6.92. The van der Waals surface area contributed by atoms with E-state index in [2.05, 4.69) is 11.1 Å². The Morgan fingerprint density at radius 1 is 1.20 bits per heavy atom. The molecular formula is C21H19N5O3S. The third-order valence-electron chi connectivity index (χ3n) is 4.72. The van der Waals surface area contributed by atoms with Gasteiger partial charge >= 0.3 is 0 Å². The number of thioether (sulfide) groups is 1. The Morgan fingerprint density at radius 3 is 2.37 bits per heavy atom. The second kappa shape index (κ2) is 8.44. The van der Waals surface area contributed by atoms with Crippen molar-refractivity contribution >= 4 is 35.1 Å². The first kappa shape index (κ1) is 21.2. The topological polar surface area (TPSA) is 133 Å². The van der Waals surface area contributed by atoms with Gasteiger partial charge in [-0.25, -0.2) is 9.88 Å². The van der Waals surface area contributed by atoms with E-state index in [1.54, 1.807) is 24.3 Å². The predicted octanol–water partition coefficient (Wildman–Crippen LogP) is 2.96. The molecule has 1 saturated heterocycles. The molecule has 0 spiro atoms. The quantitative estimate of drug-likeness (QED) is 0.729. The van der Waals surface area contributed by atoms with Crippen molar-refractivity contribution in [2.45, 2.75) is 36.5 Å². The summed E-state index contributed by atoms with van der Waals surface area (Å²) < 4.78 is 5.11. The fourth-order valence-corrected chi connectivity index (χ4v) is 4.45. The van der Waals surface area contributed by atoms with Crippen molar-refractivity contribution in [3.8, 4) is 17.9 Å². The Hall–Kier alpha value is -3.56. The number of rotatable bonds is 5. The van der Waals surface area contributed by atoms with E-state index in [1.165, 1.54) is 7.11 Å². The monoisotopic (exact) mass is 421 g/mol. The van der Waals surface area contributed by atoms with E-state index in [1.807, 2.05) is 19.9 Å². The van der Waals surface area contributed by atoms with E-state index < -0.39 is 11.2 Å². The Labute approximate surface area is 178 Å². The third-order valence-corrected chi connectivity index (χ3v) is 5.89. The van der Waals surface area contributed by atoms with Crippen molar-refractivity contribution in [3.05, 3.63) is 41.0 Å². The van der Waals surface area contributed by atoms with Crippen LogP contribution in [0.4, 0.5) is 11.5 Å². The van der Waals surface area contributed by atoms with Crippen molar-refractivity contribution in [2.24, 2.45) is 0 Å². The van der Waals surface area contributed by atoms with Gasteiger partial charge < -0.3 is 10.5 Å². The van der Waals surface area contributed by atoms with E-state index in [4.69, 9.17) is 10.5 Å². The minimum Gasteiger partial charge on any atom is -0.497 e. The molecule has 1 aromatic heterocycles. The van der Waals surface area contributed by atoms with E-state index in [-0.39, 0.29) is 40.2 Å². The molecule has 2 N–H and O–H groups in total. The predicted molar refractivity (Wildman–Crippen MR) is 112 cm³/mol. The van der Waals surface area contributed by atoms with Crippen LogP contribution >= 0.6 is 11.8 Å². The van der Waals surface area contributed by atoms with Crippen molar-refractivity contribution in [1.29, 1.82) is 10.5 Å². The van der Waals surface area contributed by atoms with Crippen LogP contribution in [-0.4, -0.2) is 29.2 Å². The summed E-state index contributed by atoms with van der Waals surface area (Å²) in [5.74, 6) is -0.259. The van der Waals surface area contributed by atoms with E-state index in [0.717, 1.165) is 16.7 Å². The molecule has 30 heavy (non-hydrogen) atoms. The number of methoxy groups -OCH3 is 1. The first-order chi connectivity index (χ1) is 14.3. The van der Waals surface area contributed by atoms with Gasteiger partial charge in [-0.05, 0) is 35.7 Å². The zero-order valence-corrected chi connectivity index (χ0v) is 17.5. The lowest BCUT2D eigenvalue weighted by Crippen LogP contribution is -2.31. The van der Waals surface area contributed by atoms with Crippen molar-refractivity contribution in [3.63, 3.8) is 0 Å². The van der Waals surface area contributed by atoms with Gasteiger partial charge in [0, 0.05) is 6.42 Å². The number of anilines is 2. The van der Waals surface area contributed by atoms with Crippen LogP contribution < -0.4 is 15.4 Å². The van der Waals surface area contributed by atoms with Crippen molar-refractivity contribution in [1.82, 2.24) is 4.98 Å². The highest BCUT2D eigenvalue weighted by atomic mass is 32.2. The standard InChI is InChI=1S/C21H19N5O3S/c1-11(2)18-14(9-22)19(24)25-20(15(18)10-23)30-16-8-17(27)26(21(16)28)12-4-6-13(29-3)7-5-12/h4-7,11,16H,8H2,1-3H3,(H2,24,25). The minimum absolute atomic E-state index is 0.00600. The van der Waals surface area contributed by atoms with E-state index in [9.17, 15) is 20.1 Å². The fourth-order valence-electron chi connectivity index (χ4n) is 3.32. The molecule has 1 unspecified atom stereocenters. The zero-order valence-electron chi connectivity index (χ0n) is 16.7. The highest BCUT2D eigenvalue weighted by Gasteiger charge is 2.41. The summed E-state index contributed by atoms with van der Waals surface area (Å²) >= 11 is 1.03. The van der Waals surface area contributed by atoms with Crippen LogP contribution in [0.1, 0.15) is 42.9 Å². The summed E-state index contributed by atoms with van der Waals surface area (Å²) in [5, 5.41) is 18.6. The highest BCUT2D eigenvalue weighted by Crippen LogP contribution is 2.38. The number of aromatic nitrogens is 1. The molecule has 8 nitrogen and oxygen atoms in total. The molecule has 152 valence electrons. The molecule has 9 heteroatoms. The average Bonchev–Trinajstić information content (AvgIpc) is 3.00. The number of benzene rings is 1. The Bertz CT molecular complexity index is 1100. The summed E-state index contributed by atoms with van der Waals surface area (Å²) in [5.41, 5.74) is 7.27. The Kier molecular flexibility index (Phi) is 5.95. The van der Waals surface area contributed by atoms with Crippen molar-refractivity contribution in [2.75, 3.05) is 17.7 Å². The summed E-state index contributed by atoms with van der Waals surface area (Å²) in [7, 11) is 1.53. The van der Waals surface area contributed by atoms with Gasteiger partial charge in [0.1, 0.15) is 28.7 Å². The molecule has 2 aromatic rings. The van der Waals surface area contributed by atoms with Gasteiger partial charge in [0.25, 0.3) is 0 Å².